The smallest absolute Gasteiger partial charge is 0.381 e. The average Bonchev–Trinajstić information content (AvgIpc) is 3.12. The molecular weight excluding hydrogens is 1040 g/mol. The van der Waals surface area contributed by atoms with E-state index in [1.54, 1.807) is 9.47 Å². The summed E-state index contributed by atoms with van der Waals surface area (Å²) in [5.41, 5.74) is -11.4. The summed E-state index contributed by atoms with van der Waals surface area (Å²) in [6.45, 7) is 0.563. The first-order valence-electron chi connectivity index (χ1n) is 20.4. The summed E-state index contributed by atoms with van der Waals surface area (Å²) >= 11 is 0. The quantitative estimate of drug-likeness (QED) is 0.0553. The predicted molar refractivity (Wildman–Crippen MR) is 186 cm³/mol. The Hall–Kier alpha value is -2.01. The van der Waals surface area contributed by atoms with E-state index in [1.807, 2.05) is 0 Å². The van der Waals surface area contributed by atoms with Crippen LogP contribution < -0.4 is 0 Å². The molecular formula is C37H49F23O10. The van der Waals surface area contributed by atoms with Crippen molar-refractivity contribution in [3.8, 4) is 0 Å². The van der Waals surface area contributed by atoms with Gasteiger partial charge in [0.25, 0.3) is 0 Å². The molecule has 3 heterocycles. The lowest BCUT2D eigenvalue weighted by Crippen LogP contribution is -2.77. The van der Waals surface area contributed by atoms with Gasteiger partial charge in [-0.2, -0.15) is 96.6 Å². The molecule has 2 unspecified atom stereocenters. The molecule has 0 bridgehead atoms. The maximum absolute atomic E-state index is 15.4. The first kappa shape index (κ1) is 64.1. The van der Waals surface area contributed by atoms with E-state index in [9.17, 15) is 74.6 Å². The highest BCUT2D eigenvalue weighted by molar-refractivity contribution is 5.09. The van der Waals surface area contributed by atoms with E-state index in [4.69, 9.17) is 19.3 Å². The normalized spacial score (nSPS) is 20.9. The standard InChI is InChI=1S/C28H31F23O8.C9H18O2/c1-4-16(8-54-9-16)7-53-6-14(29)19(34,35)24(42,43)58-26(46,47)20(22(38,39)52,25(44,45)57-23(40,41)15(3,30)31)27(48,49)59-28(50,51)21(36,37)18(32,33)13-56-12-17(5-2)10-55-11-17;1-3-5-10-6-9(4-2)7-11-8-9/h14,52H,4-13H2,1-3H3;3-8H2,1-2H3. The van der Waals surface area contributed by atoms with Gasteiger partial charge >= 0.3 is 71.9 Å². The van der Waals surface area contributed by atoms with Crippen molar-refractivity contribution in [2.45, 2.75) is 133 Å². The maximum Gasteiger partial charge on any atom is 0.430 e. The molecule has 0 spiro atoms. The second kappa shape index (κ2) is 21.7. The molecule has 3 fully saturated rings. The van der Waals surface area contributed by atoms with Gasteiger partial charge in [0.15, 0.2) is 6.17 Å². The van der Waals surface area contributed by atoms with Gasteiger partial charge in [-0.05, 0) is 25.7 Å². The first-order valence-corrected chi connectivity index (χ1v) is 20.4. The SMILES string of the molecule is CCC1(COCC(F)C(F)(F)C(F)(F)OC(F)(F)C(C(O)(F)F)(C(F)(F)OC(F)(F)C(C)(F)F)C(F)(F)OC(F)(F)C(F)(F)C(F)(F)COCC2(CC)COC2)COC1.CCCOCC1(CC)COC1. The fourth-order valence-corrected chi connectivity index (χ4v) is 6.11. The van der Waals surface area contributed by atoms with Crippen molar-refractivity contribution in [3.63, 3.8) is 0 Å². The molecule has 1 N–H and O–H groups in total. The molecule has 0 aromatic heterocycles. The second-order valence-corrected chi connectivity index (χ2v) is 17.1. The Morgan fingerprint density at radius 2 is 0.829 bits per heavy atom. The first-order chi connectivity index (χ1) is 31.3. The molecule has 70 heavy (non-hydrogen) atoms. The van der Waals surface area contributed by atoms with Gasteiger partial charge in [0.05, 0.1) is 66.1 Å². The van der Waals surface area contributed by atoms with Crippen molar-refractivity contribution in [2.24, 2.45) is 21.7 Å². The Bertz CT molecular complexity index is 1630. The van der Waals surface area contributed by atoms with Crippen LogP contribution in [0.15, 0.2) is 0 Å². The summed E-state index contributed by atoms with van der Waals surface area (Å²) in [6.07, 6.45) is -62.2. The number of alkyl halides is 23. The van der Waals surface area contributed by atoms with Crippen LogP contribution in [-0.4, -0.2) is 157 Å². The van der Waals surface area contributed by atoms with Crippen molar-refractivity contribution >= 4 is 0 Å². The number of ether oxygens (including phenoxy) is 9. The number of halogens is 23. The topological polar surface area (TPSA) is 103 Å². The molecule has 33 heteroatoms. The van der Waals surface area contributed by atoms with Crippen LogP contribution in [0.3, 0.4) is 0 Å². The lowest BCUT2D eigenvalue weighted by molar-refractivity contribution is -0.612. The minimum atomic E-state index is -9.35. The summed E-state index contributed by atoms with van der Waals surface area (Å²) < 4.78 is 368. The van der Waals surface area contributed by atoms with Crippen molar-refractivity contribution in [3.05, 3.63) is 0 Å². The monoisotopic (exact) mass is 1090 g/mol. The van der Waals surface area contributed by atoms with Crippen molar-refractivity contribution in [2.75, 3.05) is 79.3 Å². The van der Waals surface area contributed by atoms with Crippen LogP contribution in [-0.2, 0) is 42.6 Å². The Morgan fingerprint density at radius 3 is 1.14 bits per heavy atom. The van der Waals surface area contributed by atoms with Gasteiger partial charge in [-0.1, -0.05) is 27.7 Å². The van der Waals surface area contributed by atoms with Gasteiger partial charge in [-0.25, -0.2) is 18.6 Å². The summed E-state index contributed by atoms with van der Waals surface area (Å²) in [6, 6.07) is 0. The molecule has 3 saturated heterocycles. The summed E-state index contributed by atoms with van der Waals surface area (Å²) in [5.74, 6) is -28.3. The zero-order valence-electron chi connectivity index (χ0n) is 37.2. The molecule has 3 aliphatic heterocycles. The maximum atomic E-state index is 15.4. The highest BCUT2D eigenvalue weighted by Crippen LogP contribution is 2.69. The zero-order chi connectivity index (χ0) is 54.8. The summed E-state index contributed by atoms with van der Waals surface area (Å²) in [5, 5.41) is 8.90. The Balaban J connectivity index is 0.00000134. The molecule has 10 nitrogen and oxygen atoms in total. The Kier molecular flexibility index (Phi) is 19.9. The predicted octanol–water partition coefficient (Wildman–Crippen LogP) is 10.8. The van der Waals surface area contributed by atoms with Gasteiger partial charge in [0.2, 0.25) is 0 Å². The molecule has 0 amide bonds. The van der Waals surface area contributed by atoms with E-state index in [-0.39, 0.29) is 39.3 Å². The molecule has 0 radical (unpaired) electrons. The van der Waals surface area contributed by atoms with Gasteiger partial charge in [-0.3, -0.25) is 0 Å². The molecule has 0 aliphatic carbocycles. The van der Waals surface area contributed by atoms with Crippen LogP contribution in [0, 0.1) is 21.7 Å². The highest BCUT2D eigenvalue weighted by atomic mass is 19.4. The van der Waals surface area contributed by atoms with Crippen LogP contribution >= 0.6 is 0 Å². The van der Waals surface area contributed by atoms with E-state index in [1.165, 1.54) is 25.0 Å². The minimum Gasteiger partial charge on any atom is -0.381 e. The van der Waals surface area contributed by atoms with Gasteiger partial charge < -0.3 is 33.5 Å². The van der Waals surface area contributed by atoms with E-state index < -0.39 is 122 Å². The number of rotatable bonds is 30. The van der Waals surface area contributed by atoms with Gasteiger partial charge in [0, 0.05) is 29.8 Å². The molecule has 418 valence electrons. The highest BCUT2D eigenvalue weighted by Gasteiger charge is 2.97. The Labute approximate surface area is 382 Å². The van der Waals surface area contributed by atoms with E-state index >= 15 is 26.3 Å². The third-order valence-corrected chi connectivity index (χ3v) is 11.5. The molecule has 0 aromatic carbocycles. The van der Waals surface area contributed by atoms with E-state index in [2.05, 4.69) is 28.1 Å². The largest absolute Gasteiger partial charge is 0.430 e. The van der Waals surface area contributed by atoms with Crippen LogP contribution in [0.5, 0.6) is 0 Å². The van der Waals surface area contributed by atoms with Crippen LogP contribution in [0.2, 0.25) is 0 Å². The summed E-state index contributed by atoms with van der Waals surface area (Å²) in [7, 11) is 0. The molecule has 2 atom stereocenters. The fourth-order valence-electron chi connectivity index (χ4n) is 6.11. The van der Waals surface area contributed by atoms with E-state index in [0.29, 0.717) is 5.41 Å². The molecule has 3 rings (SSSR count). The van der Waals surface area contributed by atoms with Crippen LogP contribution in [0.25, 0.3) is 0 Å². The third kappa shape index (κ3) is 12.7. The van der Waals surface area contributed by atoms with E-state index in [0.717, 1.165) is 32.8 Å². The zero-order valence-corrected chi connectivity index (χ0v) is 37.2. The molecule has 0 saturated carbocycles. The Morgan fingerprint density at radius 1 is 0.486 bits per heavy atom. The average molecular weight is 1090 g/mol. The van der Waals surface area contributed by atoms with Crippen LogP contribution in [0.4, 0.5) is 101 Å². The second-order valence-electron chi connectivity index (χ2n) is 17.1. The van der Waals surface area contributed by atoms with Crippen molar-refractivity contribution in [1.82, 2.24) is 0 Å². The number of hydrogen-bond donors (Lipinski definition) is 1. The summed E-state index contributed by atoms with van der Waals surface area (Å²) in [4.78, 5) is 0. The fraction of sp³-hybridized carbons (Fsp3) is 1.00. The van der Waals surface area contributed by atoms with Gasteiger partial charge in [0.1, 0.15) is 6.61 Å². The van der Waals surface area contributed by atoms with Crippen LogP contribution in [0.1, 0.15) is 60.3 Å². The molecule has 3 aliphatic rings. The number of hydrogen-bond acceptors (Lipinski definition) is 10. The van der Waals surface area contributed by atoms with Crippen molar-refractivity contribution < 1.29 is 149 Å². The third-order valence-electron chi connectivity index (χ3n) is 11.5. The lowest BCUT2D eigenvalue weighted by Gasteiger charge is -2.50. The molecule has 0 aromatic rings. The number of aliphatic hydroxyl groups is 1. The van der Waals surface area contributed by atoms with Gasteiger partial charge in [-0.15, -0.1) is 0 Å². The minimum absolute atomic E-state index is 0.0324. The van der Waals surface area contributed by atoms with Crippen molar-refractivity contribution in [1.29, 1.82) is 0 Å². The lowest BCUT2D eigenvalue weighted by atomic mass is 9.80.